The van der Waals surface area contributed by atoms with E-state index in [0.717, 1.165) is 16.0 Å². The number of nitrogens with zero attached hydrogens (tertiary/aromatic N) is 2. The van der Waals surface area contributed by atoms with Crippen LogP contribution in [0.1, 0.15) is 17.5 Å². The maximum atomic E-state index is 12.2. The number of benzene rings is 1. The van der Waals surface area contributed by atoms with Crippen LogP contribution < -0.4 is 9.54 Å². The standard InChI is InChI=1S/C17H18N2O4S/c1-3-22-10-8-19-13-7-6-12(21-2)11-15(13)24-17(19)18-16(20)14-5-4-9-23-14/h4-7,9,11H,3,8,10H2,1-2H3. The molecule has 0 aliphatic heterocycles. The van der Waals surface area contributed by atoms with Gasteiger partial charge in [0.25, 0.3) is 0 Å². The summed E-state index contributed by atoms with van der Waals surface area (Å²) in [5.74, 6) is 0.592. The molecule has 0 unspecified atom stereocenters. The summed E-state index contributed by atoms with van der Waals surface area (Å²) in [7, 11) is 1.63. The zero-order valence-electron chi connectivity index (χ0n) is 13.5. The summed E-state index contributed by atoms with van der Waals surface area (Å²) in [6.07, 6.45) is 1.46. The first-order valence-corrected chi connectivity index (χ1v) is 8.42. The van der Waals surface area contributed by atoms with Crippen LogP contribution in [-0.4, -0.2) is 30.8 Å². The van der Waals surface area contributed by atoms with Crippen LogP contribution >= 0.6 is 11.3 Å². The van der Waals surface area contributed by atoms with Gasteiger partial charge in [0.2, 0.25) is 0 Å². The molecule has 3 aromatic rings. The molecule has 1 amide bonds. The van der Waals surface area contributed by atoms with Crippen molar-refractivity contribution in [1.29, 1.82) is 0 Å². The van der Waals surface area contributed by atoms with E-state index in [2.05, 4.69) is 4.99 Å². The molecule has 0 fully saturated rings. The molecule has 2 aromatic heterocycles. The van der Waals surface area contributed by atoms with E-state index in [9.17, 15) is 4.79 Å². The van der Waals surface area contributed by atoms with Crippen molar-refractivity contribution in [3.8, 4) is 5.75 Å². The molecule has 0 radical (unpaired) electrons. The molecule has 0 bridgehead atoms. The average molecular weight is 346 g/mol. The highest BCUT2D eigenvalue weighted by Crippen LogP contribution is 2.23. The Morgan fingerprint density at radius 3 is 2.96 bits per heavy atom. The Kier molecular flexibility index (Phi) is 5.12. The van der Waals surface area contributed by atoms with E-state index in [-0.39, 0.29) is 5.76 Å². The van der Waals surface area contributed by atoms with Crippen molar-refractivity contribution in [1.82, 2.24) is 4.57 Å². The minimum absolute atomic E-state index is 0.224. The minimum atomic E-state index is -0.399. The first-order valence-electron chi connectivity index (χ1n) is 7.60. The van der Waals surface area contributed by atoms with Crippen LogP contribution in [-0.2, 0) is 11.3 Å². The van der Waals surface area contributed by atoms with Gasteiger partial charge in [-0.1, -0.05) is 11.3 Å². The number of methoxy groups -OCH3 is 1. The van der Waals surface area contributed by atoms with Crippen LogP contribution in [0.4, 0.5) is 0 Å². The molecular weight excluding hydrogens is 328 g/mol. The molecule has 0 N–H and O–H groups in total. The third kappa shape index (κ3) is 3.42. The minimum Gasteiger partial charge on any atom is -0.497 e. The number of fused-ring (bicyclic) bond motifs is 1. The van der Waals surface area contributed by atoms with Crippen molar-refractivity contribution >= 4 is 27.5 Å². The summed E-state index contributed by atoms with van der Waals surface area (Å²) in [6, 6.07) is 9.07. The van der Waals surface area contributed by atoms with Gasteiger partial charge in [-0.15, -0.1) is 0 Å². The van der Waals surface area contributed by atoms with Crippen molar-refractivity contribution in [2.24, 2.45) is 4.99 Å². The first-order chi connectivity index (χ1) is 11.7. The predicted molar refractivity (Wildman–Crippen MR) is 91.5 cm³/mol. The summed E-state index contributed by atoms with van der Waals surface area (Å²) in [4.78, 5) is 17.1. The Balaban J connectivity index is 2.06. The molecule has 0 atom stereocenters. The topological polar surface area (TPSA) is 66.0 Å². The van der Waals surface area contributed by atoms with E-state index >= 15 is 0 Å². The highest BCUT2D eigenvalue weighted by atomic mass is 32.1. The molecule has 0 aliphatic rings. The summed E-state index contributed by atoms with van der Waals surface area (Å²) in [5, 5.41) is 0. The molecule has 3 rings (SSSR count). The van der Waals surface area contributed by atoms with Gasteiger partial charge in [0.15, 0.2) is 10.6 Å². The summed E-state index contributed by atoms with van der Waals surface area (Å²) in [6.45, 7) is 3.77. The Bertz CT molecular complexity index is 893. The smallest absolute Gasteiger partial charge is 0.315 e. The van der Waals surface area contributed by atoms with Gasteiger partial charge < -0.3 is 18.5 Å². The quantitative estimate of drug-likeness (QED) is 0.643. The third-order valence-corrected chi connectivity index (χ3v) is 4.52. The number of aromatic nitrogens is 1. The second-order valence-corrected chi connectivity index (χ2v) is 5.97. The lowest BCUT2D eigenvalue weighted by molar-refractivity contribution is 0.0970. The number of carbonyl (C=O) groups excluding carboxylic acids is 1. The van der Waals surface area contributed by atoms with Gasteiger partial charge in [0.05, 0.1) is 30.2 Å². The maximum Gasteiger partial charge on any atom is 0.315 e. The molecule has 7 heteroatoms. The number of hydrogen-bond acceptors (Lipinski definition) is 5. The molecule has 126 valence electrons. The van der Waals surface area contributed by atoms with E-state index in [1.54, 1.807) is 19.2 Å². The number of amides is 1. The number of furan rings is 1. The monoisotopic (exact) mass is 346 g/mol. The van der Waals surface area contributed by atoms with E-state index in [4.69, 9.17) is 13.9 Å². The first kappa shape index (κ1) is 16.5. The van der Waals surface area contributed by atoms with Crippen molar-refractivity contribution < 1.29 is 18.7 Å². The van der Waals surface area contributed by atoms with Gasteiger partial charge in [-0.3, -0.25) is 4.79 Å². The lowest BCUT2D eigenvalue weighted by Crippen LogP contribution is -2.19. The predicted octanol–water partition coefficient (Wildman–Crippen LogP) is 3.08. The maximum absolute atomic E-state index is 12.2. The second-order valence-electron chi connectivity index (χ2n) is 4.96. The van der Waals surface area contributed by atoms with Crippen LogP contribution in [0.15, 0.2) is 46.0 Å². The average Bonchev–Trinajstić information content (AvgIpc) is 3.23. The Morgan fingerprint density at radius 1 is 1.38 bits per heavy atom. The fourth-order valence-corrected chi connectivity index (χ4v) is 3.41. The molecule has 24 heavy (non-hydrogen) atoms. The van der Waals surface area contributed by atoms with Gasteiger partial charge in [-0.2, -0.15) is 4.99 Å². The molecule has 0 spiro atoms. The molecule has 0 saturated heterocycles. The number of hydrogen-bond donors (Lipinski definition) is 0. The number of ether oxygens (including phenoxy) is 2. The van der Waals surface area contributed by atoms with Gasteiger partial charge >= 0.3 is 5.91 Å². The van der Waals surface area contributed by atoms with E-state index in [0.29, 0.717) is 24.6 Å². The molecule has 0 aliphatic carbocycles. The molecule has 1 aromatic carbocycles. The van der Waals surface area contributed by atoms with Crippen LogP contribution in [0, 0.1) is 0 Å². The van der Waals surface area contributed by atoms with Gasteiger partial charge in [0, 0.05) is 13.2 Å². The zero-order valence-corrected chi connectivity index (χ0v) is 14.3. The van der Waals surface area contributed by atoms with Crippen molar-refractivity contribution in [3.63, 3.8) is 0 Å². The molecular formula is C17H18N2O4S. The van der Waals surface area contributed by atoms with Crippen molar-refractivity contribution in [2.45, 2.75) is 13.5 Å². The normalized spacial score (nSPS) is 12.0. The van der Waals surface area contributed by atoms with Gasteiger partial charge in [0.1, 0.15) is 5.75 Å². The van der Waals surface area contributed by atoms with Crippen molar-refractivity contribution in [3.05, 3.63) is 47.2 Å². The second kappa shape index (κ2) is 7.46. The lowest BCUT2D eigenvalue weighted by atomic mass is 10.3. The number of rotatable bonds is 6. The number of carbonyl (C=O) groups is 1. The van der Waals surface area contributed by atoms with Crippen molar-refractivity contribution in [2.75, 3.05) is 20.3 Å². The Labute approximate surface area is 143 Å². The third-order valence-electron chi connectivity index (χ3n) is 3.48. The van der Waals surface area contributed by atoms with Crippen LogP contribution in [0.2, 0.25) is 0 Å². The SMILES string of the molecule is CCOCCn1c(=NC(=O)c2ccco2)sc2cc(OC)ccc21. The molecule has 6 nitrogen and oxygen atoms in total. The van der Waals surface area contributed by atoms with Crippen LogP contribution in [0.25, 0.3) is 10.2 Å². The summed E-state index contributed by atoms with van der Waals surface area (Å²) >= 11 is 1.44. The summed E-state index contributed by atoms with van der Waals surface area (Å²) < 4.78 is 18.8. The Hall–Kier alpha value is -2.38. The molecule has 0 saturated carbocycles. The largest absolute Gasteiger partial charge is 0.497 e. The Morgan fingerprint density at radius 2 is 2.25 bits per heavy atom. The van der Waals surface area contributed by atoms with Crippen LogP contribution in [0.5, 0.6) is 5.75 Å². The zero-order chi connectivity index (χ0) is 16.9. The highest BCUT2D eigenvalue weighted by Gasteiger charge is 2.11. The summed E-state index contributed by atoms with van der Waals surface area (Å²) in [5.41, 5.74) is 0.992. The highest BCUT2D eigenvalue weighted by molar-refractivity contribution is 7.16. The van der Waals surface area contributed by atoms with E-state index in [1.165, 1.54) is 17.6 Å². The van der Waals surface area contributed by atoms with Gasteiger partial charge in [-0.05, 0) is 37.3 Å². The van der Waals surface area contributed by atoms with E-state index < -0.39 is 5.91 Å². The van der Waals surface area contributed by atoms with E-state index in [1.807, 2.05) is 29.7 Å². The van der Waals surface area contributed by atoms with Crippen LogP contribution in [0.3, 0.4) is 0 Å². The van der Waals surface area contributed by atoms with Gasteiger partial charge in [-0.25, -0.2) is 0 Å². The fraction of sp³-hybridized carbons (Fsp3) is 0.294. The molecule has 2 heterocycles. The number of thiazole rings is 1. The fourth-order valence-electron chi connectivity index (χ4n) is 2.32. The lowest BCUT2D eigenvalue weighted by Gasteiger charge is -2.06.